The first kappa shape index (κ1) is 13.3. The SMILES string of the molecule is COc1cccc(CNc2ncnc3cc(F)ccc23)c1. The van der Waals surface area contributed by atoms with Gasteiger partial charge in [-0.1, -0.05) is 12.1 Å². The van der Waals surface area contributed by atoms with Crippen molar-refractivity contribution in [1.82, 2.24) is 9.97 Å². The van der Waals surface area contributed by atoms with Gasteiger partial charge >= 0.3 is 0 Å². The maximum Gasteiger partial charge on any atom is 0.137 e. The molecule has 0 unspecified atom stereocenters. The van der Waals surface area contributed by atoms with Gasteiger partial charge in [-0.3, -0.25) is 0 Å². The van der Waals surface area contributed by atoms with Crippen LogP contribution in [0.15, 0.2) is 48.8 Å². The van der Waals surface area contributed by atoms with Gasteiger partial charge in [-0.2, -0.15) is 0 Å². The standard InChI is InChI=1S/C16H14FN3O/c1-21-13-4-2-3-11(7-13)9-18-16-14-6-5-12(17)8-15(14)19-10-20-16/h2-8,10H,9H2,1H3,(H,18,19,20). The number of methoxy groups -OCH3 is 1. The van der Waals surface area contributed by atoms with Crippen LogP contribution in [0.4, 0.5) is 10.2 Å². The lowest BCUT2D eigenvalue weighted by Crippen LogP contribution is -2.02. The lowest BCUT2D eigenvalue weighted by atomic mass is 10.2. The van der Waals surface area contributed by atoms with E-state index in [1.165, 1.54) is 18.5 Å². The number of fused-ring (bicyclic) bond motifs is 1. The fourth-order valence-corrected chi connectivity index (χ4v) is 2.14. The Kier molecular flexibility index (Phi) is 3.64. The van der Waals surface area contributed by atoms with Gasteiger partial charge in [0.1, 0.15) is 23.7 Å². The first-order valence-electron chi connectivity index (χ1n) is 6.53. The van der Waals surface area contributed by atoms with E-state index in [9.17, 15) is 4.39 Å². The number of nitrogens with zero attached hydrogens (tertiary/aromatic N) is 2. The number of halogens is 1. The first-order valence-corrected chi connectivity index (χ1v) is 6.53. The normalized spacial score (nSPS) is 10.6. The second-order valence-corrected chi connectivity index (χ2v) is 4.59. The van der Waals surface area contributed by atoms with Crippen molar-refractivity contribution >= 4 is 16.7 Å². The predicted octanol–water partition coefficient (Wildman–Crippen LogP) is 3.39. The van der Waals surface area contributed by atoms with E-state index in [2.05, 4.69) is 15.3 Å². The van der Waals surface area contributed by atoms with Crippen molar-refractivity contribution < 1.29 is 9.13 Å². The van der Waals surface area contributed by atoms with Crippen LogP contribution in [-0.2, 0) is 6.54 Å². The Labute approximate surface area is 121 Å². The lowest BCUT2D eigenvalue weighted by Gasteiger charge is -2.09. The number of nitrogens with one attached hydrogen (secondary N) is 1. The molecule has 1 N–H and O–H groups in total. The molecule has 3 aromatic rings. The van der Waals surface area contributed by atoms with Gasteiger partial charge in [-0.15, -0.1) is 0 Å². The van der Waals surface area contributed by atoms with Crippen LogP contribution < -0.4 is 10.1 Å². The van der Waals surface area contributed by atoms with E-state index in [-0.39, 0.29) is 5.82 Å². The second kappa shape index (κ2) is 5.75. The van der Waals surface area contributed by atoms with Crippen LogP contribution in [-0.4, -0.2) is 17.1 Å². The molecule has 0 saturated carbocycles. The first-order chi connectivity index (χ1) is 10.3. The zero-order valence-corrected chi connectivity index (χ0v) is 11.5. The van der Waals surface area contributed by atoms with Gasteiger partial charge in [0.15, 0.2) is 0 Å². The molecule has 0 amide bonds. The molecule has 21 heavy (non-hydrogen) atoms. The van der Waals surface area contributed by atoms with Gasteiger partial charge in [0, 0.05) is 18.0 Å². The van der Waals surface area contributed by atoms with Crippen molar-refractivity contribution in [2.24, 2.45) is 0 Å². The summed E-state index contributed by atoms with van der Waals surface area (Å²) < 4.78 is 18.4. The van der Waals surface area contributed by atoms with Gasteiger partial charge in [0.05, 0.1) is 12.6 Å². The maximum absolute atomic E-state index is 13.2. The molecule has 0 saturated heterocycles. The van der Waals surface area contributed by atoms with Gasteiger partial charge in [-0.25, -0.2) is 14.4 Å². The summed E-state index contributed by atoms with van der Waals surface area (Å²) in [6, 6.07) is 12.3. The summed E-state index contributed by atoms with van der Waals surface area (Å²) in [4.78, 5) is 8.29. The molecule has 2 aromatic carbocycles. The van der Waals surface area contributed by atoms with Crippen LogP contribution in [0, 0.1) is 5.82 Å². The number of ether oxygens (including phenoxy) is 1. The highest BCUT2D eigenvalue weighted by Gasteiger charge is 2.05. The second-order valence-electron chi connectivity index (χ2n) is 4.59. The number of hydrogen-bond acceptors (Lipinski definition) is 4. The molecule has 0 fully saturated rings. The molecule has 0 atom stereocenters. The molecule has 4 nitrogen and oxygen atoms in total. The summed E-state index contributed by atoms with van der Waals surface area (Å²) in [7, 11) is 1.64. The zero-order chi connectivity index (χ0) is 14.7. The van der Waals surface area contributed by atoms with Crippen LogP contribution in [0.1, 0.15) is 5.56 Å². The molecular weight excluding hydrogens is 269 g/mol. The summed E-state index contributed by atoms with van der Waals surface area (Å²) in [5.41, 5.74) is 1.65. The predicted molar refractivity (Wildman–Crippen MR) is 79.8 cm³/mol. The van der Waals surface area contributed by atoms with E-state index < -0.39 is 0 Å². The minimum atomic E-state index is -0.306. The van der Waals surface area contributed by atoms with Crippen LogP contribution in [0.3, 0.4) is 0 Å². The zero-order valence-electron chi connectivity index (χ0n) is 11.5. The van der Waals surface area contributed by atoms with E-state index in [4.69, 9.17) is 4.74 Å². The average molecular weight is 283 g/mol. The minimum Gasteiger partial charge on any atom is -0.497 e. The third-order valence-electron chi connectivity index (χ3n) is 3.19. The molecule has 1 heterocycles. The Morgan fingerprint density at radius 3 is 2.90 bits per heavy atom. The number of anilines is 1. The maximum atomic E-state index is 13.2. The van der Waals surface area contributed by atoms with Crippen molar-refractivity contribution in [2.75, 3.05) is 12.4 Å². The van der Waals surface area contributed by atoms with Crippen molar-refractivity contribution in [3.8, 4) is 5.75 Å². The summed E-state index contributed by atoms with van der Waals surface area (Å²) in [6.45, 7) is 0.598. The minimum absolute atomic E-state index is 0.306. The Balaban J connectivity index is 1.84. The lowest BCUT2D eigenvalue weighted by molar-refractivity contribution is 0.414. The fourth-order valence-electron chi connectivity index (χ4n) is 2.14. The molecule has 0 spiro atoms. The number of hydrogen-bond donors (Lipinski definition) is 1. The molecule has 5 heteroatoms. The van der Waals surface area contributed by atoms with Crippen LogP contribution in [0.25, 0.3) is 10.9 Å². The molecule has 106 valence electrons. The van der Waals surface area contributed by atoms with Gasteiger partial charge in [0.25, 0.3) is 0 Å². The van der Waals surface area contributed by atoms with E-state index in [1.807, 2.05) is 24.3 Å². The van der Waals surface area contributed by atoms with E-state index >= 15 is 0 Å². The Morgan fingerprint density at radius 1 is 1.14 bits per heavy atom. The highest BCUT2D eigenvalue weighted by molar-refractivity contribution is 5.88. The molecular formula is C16H14FN3O. The Morgan fingerprint density at radius 2 is 2.05 bits per heavy atom. The molecule has 1 aromatic heterocycles. The third kappa shape index (κ3) is 2.91. The van der Waals surface area contributed by atoms with Crippen LogP contribution >= 0.6 is 0 Å². The monoisotopic (exact) mass is 283 g/mol. The molecule has 3 rings (SSSR count). The number of aromatic nitrogens is 2. The van der Waals surface area contributed by atoms with Crippen LogP contribution in [0.2, 0.25) is 0 Å². The average Bonchev–Trinajstić information content (AvgIpc) is 2.52. The topological polar surface area (TPSA) is 47.0 Å². The quantitative estimate of drug-likeness (QED) is 0.797. The largest absolute Gasteiger partial charge is 0.497 e. The van der Waals surface area contributed by atoms with Gasteiger partial charge < -0.3 is 10.1 Å². The molecule has 0 radical (unpaired) electrons. The number of rotatable bonds is 4. The molecule has 0 aliphatic heterocycles. The van der Waals surface area contributed by atoms with E-state index in [1.54, 1.807) is 13.2 Å². The summed E-state index contributed by atoms with van der Waals surface area (Å²) >= 11 is 0. The highest BCUT2D eigenvalue weighted by Crippen LogP contribution is 2.21. The van der Waals surface area contributed by atoms with Gasteiger partial charge in [-0.05, 0) is 29.8 Å². The van der Waals surface area contributed by atoms with Crippen molar-refractivity contribution in [3.63, 3.8) is 0 Å². The van der Waals surface area contributed by atoms with Crippen molar-refractivity contribution in [2.45, 2.75) is 6.54 Å². The summed E-state index contributed by atoms with van der Waals surface area (Å²) in [5.74, 6) is 1.19. The van der Waals surface area contributed by atoms with E-state index in [0.717, 1.165) is 16.7 Å². The highest BCUT2D eigenvalue weighted by atomic mass is 19.1. The van der Waals surface area contributed by atoms with Crippen molar-refractivity contribution in [1.29, 1.82) is 0 Å². The number of benzene rings is 2. The van der Waals surface area contributed by atoms with Crippen molar-refractivity contribution in [3.05, 3.63) is 60.2 Å². The molecule has 0 aliphatic rings. The summed E-state index contributed by atoms with van der Waals surface area (Å²) in [6.07, 6.45) is 1.43. The molecule has 0 bridgehead atoms. The molecule has 0 aliphatic carbocycles. The smallest absolute Gasteiger partial charge is 0.137 e. The van der Waals surface area contributed by atoms with Crippen LogP contribution in [0.5, 0.6) is 5.75 Å². The Bertz CT molecular complexity index is 776. The Hall–Kier alpha value is -2.69. The summed E-state index contributed by atoms with van der Waals surface area (Å²) in [5, 5.41) is 4.04. The fraction of sp³-hybridized carbons (Fsp3) is 0.125. The van der Waals surface area contributed by atoms with E-state index in [0.29, 0.717) is 17.9 Å². The third-order valence-corrected chi connectivity index (χ3v) is 3.19. The van der Waals surface area contributed by atoms with Gasteiger partial charge in [0.2, 0.25) is 0 Å².